The minimum Gasteiger partial charge on any atom is -0.340 e. The molecule has 2 aliphatic rings. The van der Waals surface area contributed by atoms with Crippen LogP contribution in [0, 0.1) is 6.92 Å². The largest absolute Gasteiger partial charge is 0.340 e. The molecular weight excluding hydrogens is 439 g/mol. The SMILES string of the molecule is Cc1c(C(=O)C(=O)NC2(c3c[nH]nn3)CC2)c2n(c1C(=O)Nc1cccc(C(C)F)c1)CCC2. The smallest absolute Gasteiger partial charge is 0.293 e. The highest BCUT2D eigenvalue weighted by atomic mass is 19.1. The molecule has 3 aromatic rings. The molecule has 176 valence electrons. The number of hydrogen-bond donors (Lipinski definition) is 3. The second kappa shape index (κ2) is 8.19. The van der Waals surface area contributed by atoms with Crippen molar-refractivity contribution in [1.29, 1.82) is 0 Å². The molecule has 1 aliphatic carbocycles. The lowest BCUT2D eigenvalue weighted by atomic mass is 10.0. The van der Waals surface area contributed by atoms with Crippen molar-refractivity contribution in [2.75, 3.05) is 5.32 Å². The number of nitrogens with zero attached hydrogens (tertiary/aromatic N) is 3. The molecule has 1 unspecified atom stereocenters. The number of alkyl halides is 1. The van der Waals surface area contributed by atoms with E-state index in [1.807, 2.05) is 4.57 Å². The van der Waals surface area contributed by atoms with Crippen LogP contribution in [0.1, 0.15) is 75.7 Å². The summed E-state index contributed by atoms with van der Waals surface area (Å²) < 4.78 is 15.5. The Labute approximate surface area is 195 Å². The van der Waals surface area contributed by atoms with Gasteiger partial charge in [-0.25, -0.2) is 4.39 Å². The van der Waals surface area contributed by atoms with E-state index in [9.17, 15) is 18.8 Å². The second-order valence-electron chi connectivity index (χ2n) is 8.97. The molecule has 3 N–H and O–H groups in total. The van der Waals surface area contributed by atoms with Gasteiger partial charge in [-0.15, -0.1) is 5.10 Å². The van der Waals surface area contributed by atoms with Crippen LogP contribution in [0.25, 0.3) is 0 Å². The lowest BCUT2D eigenvalue weighted by Gasteiger charge is -2.14. The van der Waals surface area contributed by atoms with E-state index in [4.69, 9.17) is 0 Å². The zero-order chi connectivity index (χ0) is 24.0. The average Bonchev–Trinajstić information content (AvgIpc) is 3.16. The first kappa shape index (κ1) is 22.0. The molecule has 9 nitrogen and oxygen atoms in total. The molecule has 1 fully saturated rings. The minimum absolute atomic E-state index is 0.280. The monoisotopic (exact) mass is 464 g/mol. The Morgan fingerprint density at radius 1 is 1.26 bits per heavy atom. The number of ketones is 1. The summed E-state index contributed by atoms with van der Waals surface area (Å²) in [5.41, 5.74) is 2.64. The van der Waals surface area contributed by atoms with Crippen LogP contribution in [-0.4, -0.2) is 37.6 Å². The zero-order valence-corrected chi connectivity index (χ0v) is 18.9. The Bertz CT molecular complexity index is 1290. The normalized spacial score (nSPS) is 16.6. The van der Waals surface area contributed by atoms with E-state index in [1.54, 1.807) is 37.4 Å². The van der Waals surface area contributed by atoms with Gasteiger partial charge in [-0.05, 0) is 62.8 Å². The number of amides is 2. The first-order valence-electron chi connectivity index (χ1n) is 11.3. The molecule has 2 amide bonds. The molecule has 1 aromatic carbocycles. The molecule has 2 aromatic heterocycles. The topological polar surface area (TPSA) is 122 Å². The van der Waals surface area contributed by atoms with Gasteiger partial charge in [-0.3, -0.25) is 19.5 Å². The molecule has 10 heteroatoms. The maximum Gasteiger partial charge on any atom is 0.293 e. The quantitative estimate of drug-likeness (QED) is 0.366. The van der Waals surface area contributed by atoms with Crippen molar-refractivity contribution in [1.82, 2.24) is 25.3 Å². The molecule has 1 aliphatic heterocycles. The van der Waals surface area contributed by atoms with Crippen molar-refractivity contribution in [3.8, 4) is 0 Å². The first-order chi connectivity index (χ1) is 16.3. The number of Topliss-reactive ketones (excluding diaryl/α,β-unsaturated/α-hetero) is 1. The second-order valence-corrected chi connectivity index (χ2v) is 8.97. The highest BCUT2D eigenvalue weighted by Gasteiger charge is 2.49. The number of nitrogens with one attached hydrogen (secondary N) is 3. The van der Waals surface area contributed by atoms with Gasteiger partial charge in [0.05, 0.1) is 11.1 Å². The molecule has 0 saturated heterocycles. The fraction of sp³-hybridized carbons (Fsp3) is 0.375. The van der Waals surface area contributed by atoms with Crippen LogP contribution in [0.15, 0.2) is 30.5 Å². The number of aromatic nitrogens is 4. The van der Waals surface area contributed by atoms with Crippen molar-refractivity contribution >= 4 is 23.3 Å². The highest BCUT2D eigenvalue weighted by Crippen LogP contribution is 2.44. The Morgan fingerprint density at radius 3 is 2.74 bits per heavy atom. The summed E-state index contributed by atoms with van der Waals surface area (Å²) in [5.74, 6) is -1.78. The number of aromatic amines is 1. The molecule has 1 atom stereocenters. The summed E-state index contributed by atoms with van der Waals surface area (Å²) in [7, 11) is 0. The van der Waals surface area contributed by atoms with Crippen molar-refractivity contribution in [2.24, 2.45) is 0 Å². The average molecular weight is 465 g/mol. The number of hydrogen-bond acceptors (Lipinski definition) is 5. The summed E-state index contributed by atoms with van der Waals surface area (Å²) in [6, 6.07) is 6.61. The van der Waals surface area contributed by atoms with Crippen LogP contribution < -0.4 is 10.6 Å². The van der Waals surface area contributed by atoms with Crippen molar-refractivity contribution < 1.29 is 18.8 Å². The van der Waals surface area contributed by atoms with Crippen molar-refractivity contribution in [3.05, 3.63) is 64.2 Å². The molecule has 3 heterocycles. The van der Waals surface area contributed by atoms with Gasteiger partial charge in [0.2, 0.25) is 0 Å². The fourth-order valence-corrected chi connectivity index (χ4v) is 4.76. The predicted molar refractivity (Wildman–Crippen MR) is 121 cm³/mol. The Hall–Kier alpha value is -3.82. The molecule has 5 rings (SSSR count). The number of carbonyl (C=O) groups excluding carboxylic acids is 3. The number of fused-ring (bicyclic) bond motifs is 1. The van der Waals surface area contributed by atoms with Crippen molar-refractivity contribution in [2.45, 2.75) is 57.8 Å². The van der Waals surface area contributed by atoms with Crippen LogP contribution in [0.2, 0.25) is 0 Å². The van der Waals surface area contributed by atoms with E-state index in [1.165, 1.54) is 6.92 Å². The Balaban J connectivity index is 1.42. The minimum atomic E-state index is -1.16. The molecule has 0 spiro atoms. The number of halogens is 1. The molecule has 1 saturated carbocycles. The third-order valence-electron chi connectivity index (χ3n) is 6.67. The molecule has 0 radical (unpaired) electrons. The summed E-state index contributed by atoms with van der Waals surface area (Å²) in [4.78, 5) is 39.4. The first-order valence-corrected chi connectivity index (χ1v) is 11.3. The van der Waals surface area contributed by atoms with Gasteiger partial charge in [-0.2, -0.15) is 0 Å². The Kier molecular flexibility index (Phi) is 5.30. The van der Waals surface area contributed by atoms with E-state index < -0.39 is 29.3 Å². The number of anilines is 1. The van der Waals surface area contributed by atoms with Gasteiger partial charge in [0.25, 0.3) is 17.6 Å². The molecule has 34 heavy (non-hydrogen) atoms. The van der Waals surface area contributed by atoms with Crippen LogP contribution in [0.5, 0.6) is 0 Å². The van der Waals surface area contributed by atoms with E-state index >= 15 is 0 Å². The van der Waals surface area contributed by atoms with Gasteiger partial charge < -0.3 is 15.2 Å². The van der Waals surface area contributed by atoms with Gasteiger partial charge in [-0.1, -0.05) is 17.3 Å². The Morgan fingerprint density at radius 2 is 2.06 bits per heavy atom. The number of rotatable bonds is 7. The van der Waals surface area contributed by atoms with Crippen LogP contribution in [-0.2, 0) is 23.3 Å². The van der Waals surface area contributed by atoms with Crippen molar-refractivity contribution in [3.63, 3.8) is 0 Å². The maximum atomic E-state index is 13.7. The summed E-state index contributed by atoms with van der Waals surface area (Å²) >= 11 is 0. The van der Waals surface area contributed by atoms with E-state index in [2.05, 4.69) is 26.0 Å². The van der Waals surface area contributed by atoms with Crippen LogP contribution >= 0.6 is 0 Å². The third-order valence-corrected chi connectivity index (χ3v) is 6.67. The third kappa shape index (κ3) is 3.68. The molecule has 0 bridgehead atoms. The molecular formula is C24H25FN6O3. The maximum absolute atomic E-state index is 13.7. The zero-order valence-electron chi connectivity index (χ0n) is 18.9. The van der Waals surface area contributed by atoms with E-state index in [-0.39, 0.29) is 5.56 Å². The fourth-order valence-electron chi connectivity index (χ4n) is 4.76. The van der Waals surface area contributed by atoms with Gasteiger partial charge in [0.1, 0.15) is 17.6 Å². The summed E-state index contributed by atoms with van der Waals surface area (Å²) in [5, 5.41) is 15.9. The number of H-pyrrole nitrogens is 1. The number of carbonyl (C=O) groups is 3. The van der Waals surface area contributed by atoms with E-state index in [0.29, 0.717) is 59.7 Å². The lowest BCUT2D eigenvalue weighted by Crippen LogP contribution is -2.40. The van der Waals surface area contributed by atoms with Gasteiger partial charge >= 0.3 is 0 Å². The predicted octanol–water partition coefficient (Wildman–Crippen LogP) is 3.13. The van der Waals surface area contributed by atoms with Crippen LogP contribution in [0.4, 0.5) is 10.1 Å². The van der Waals surface area contributed by atoms with Gasteiger partial charge in [0, 0.05) is 24.1 Å². The van der Waals surface area contributed by atoms with Gasteiger partial charge in [0.15, 0.2) is 0 Å². The highest BCUT2D eigenvalue weighted by molar-refractivity contribution is 6.44. The standard InChI is InChI=1S/C24H25FN6O3/c1-13-19(21(32)23(34)28-24(8-9-24)18-12-26-30-29-18)17-7-4-10-31(17)20(13)22(33)27-16-6-3-5-15(11-16)14(2)25/h3,5-6,11-12,14H,4,7-10H2,1-2H3,(H,27,33)(H,28,34)(H,26,29,30). The summed E-state index contributed by atoms with van der Waals surface area (Å²) in [6.07, 6.45) is 3.18. The van der Waals surface area contributed by atoms with Crippen LogP contribution in [0.3, 0.4) is 0 Å². The van der Waals surface area contributed by atoms with E-state index in [0.717, 1.165) is 6.42 Å². The number of benzene rings is 1. The lowest BCUT2D eigenvalue weighted by molar-refractivity contribution is -0.118. The summed E-state index contributed by atoms with van der Waals surface area (Å²) in [6.45, 7) is 3.70.